The lowest BCUT2D eigenvalue weighted by atomic mass is 9.75. The van der Waals surface area contributed by atoms with Crippen LogP contribution in [0.15, 0.2) is 78.9 Å². The Morgan fingerprint density at radius 1 is 0.778 bits per heavy atom. The summed E-state index contributed by atoms with van der Waals surface area (Å²) < 4.78 is 1.86. The van der Waals surface area contributed by atoms with E-state index < -0.39 is 0 Å². The number of hydrogen-bond donors (Lipinski definition) is 0. The van der Waals surface area contributed by atoms with Crippen LogP contribution >= 0.6 is 0 Å². The summed E-state index contributed by atoms with van der Waals surface area (Å²) in [5.74, 6) is 0.784. The molecule has 0 aliphatic carbocycles. The van der Waals surface area contributed by atoms with Gasteiger partial charge in [0.1, 0.15) is 7.28 Å². The van der Waals surface area contributed by atoms with Crippen molar-refractivity contribution in [2.75, 3.05) is 0 Å². The molecule has 132 valence electrons. The molecule has 0 atom stereocenters. The fourth-order valence-corrected chi connectivity index (χ4v) is 3.33. The zero-order valence-electron chi connectivity index (χ0n) is 15.4. The molecule has 4 aromatic rings. The van der Waals surface area contributed by atoms with E-state index in [4.69, 9.17) is 0 Å². The first kappa shape index (κ1) is 17.2. The largest absolute Gasteiger partial charge is 0.221 e. The molecule has 4 nitrogen and oxygen atoms in total. The minimum absolute atomic E-state index is 0.646. The average molecular weight is 352 g/mol. The molecule has 1 aromatic heterocycles. The molecule has 0 N–H and O–H groups in total. The highest BCUT2D eigenvalue weighted by Crippen LogP contribution is 2.31. The molecule has 0 aliphatic heterocycles. The molecule has 0 saturated heterocycles. The van der Waals surface area contributed by atoms with E-state index in [9.17, 15) is 0 Å². The first-order valence-corrected chi connectivity index (χ1v) is 9.34. The lowest BCUT2D eigenvalue weighted by molar-refractivity contribution is 0.653. The summed E-state index contributed by atoms with van der Waals surface area (Å²) in [6, 6.07) is 27.4. The van der Waals surface area contributed by atoms with Crippen molar-refractivity contribution in [3.63, 3.8) is 0 Å². The summed E-state index contributed by atoms with van der Waals surface area (Å²) in [4.78, 5) is 0. The SMILES string of the molecule is CBCc1ccc(-c2ccccc2-c2nnnn2Cc2ccccc2)cc1. The summed E-state index contributed by atoms with van der Waals surface area (Å²) >= 11 is 0. The van der Waals surface area contributed by atoms with Gasteiger partial charge in [-0.15, -0.1) is 5.10 Å². The number of rotatable bonds is 6. The van der Waals surface area contributed by atoms with Crippen molar-refractivity contribution in [2.24, 2.45) is 0 Å². The summed E-state index contributed by atoms with van der Waals surface area (Å²) in [7, 11) is 1.16. The standard InChI is InChI=1S/C22H21BN4/c1-23-15-17-11-13-19(14-12-17)20-9-5-6-10-21(20)22-24-25-26-27(22)16-18-7-3-2-4-8-18/h2-14,23H,15-16H2,1H3. The second-order valence-electron chi connectivity index (χ2n) is 6.64. The third-order valence-electron chi connectivity index (χ3n) is 4.68. The molecule has 3 aromatic carbocycles. The van der Waals surface area contributed by atoms with E-state index in [1.165, 1.54) is 16.7 Å². The Labute approximate surface area is 160 Å². The molecule has 0 radical (unpaired) electrons. The molecule has 4 rings (SSSR count). The van der Waals surface area contributed by atoms with Crippen molar-refractivity contribution in [3.05, 3.63) is 90.0 Å². The maximum Gasteiger partial charge on any atom is 0.182 e. The van der Waals surface area contributed by atoms with Crippen LogP contribution in [0.1, 0.15) is 11.1 Å². The van der Waals surface area contributed by atoms with Crippen LogP contribution in [0.2, 0.25) is 6.82 Å². The first-order chi connectivity index (χ1) is 13.3. The van der Waals surface area contributed by atoms with Crippen molar-refractivity contribution in [1.82, 2.24) is 20.2 Å². The van der Waals surface area contributed by atoms with Crippen LogP contribution in [0.3, 0.4) is 0 Å². The highest BCUT2D eigenvalue weighted by Gasteiger charge is 2.14. The number of nitrogens with zero attached hydrogens (tertiary/aromatic N) is 4. The fraction of sp³-hybridized carbons (Fsp3) is 0.136. The second kappa shape index (κ2) is 8.00. The molecule has 0 aliphatic rings. The lowest BCUT2D eigenvalue weighted by Crippen LogP contribution is -2.05. The zero-order chi connectivity index (χ0) is 18.5. The minimum Gasteiger partial charge on any atom is -0.221 e. The summed E-state index contributed by atoms with van der Waals surface area (Å²) in [6.07, 6.45) is 1.11. The predicted molar refractivity (Wildman–Crippen MR) is 111 cm³/mol. The molecule has 0 spiro atoms. The van der Waals surface area contributed by atoms with E-state index in [1.54, 1.807) is 0 Å². The number of aromatic nitrogens is 4. The predicted octanol–water partition coefficient (Wildman–Crippen LogP) is 4.04. The summed E-state index contributed by atoms with van der Waals surface area (Å²) in [5, 5.41) is 12.5. The van der Waals surface area contributed by atoms with Gasteiger partial charge in [0.25, 0.3) is 0 Å². The van der Waals surface area contributed by atoms with Gasteiger partial charge in [0.15, 0.2) is 5.82 Å². The van der Waals surface area contributed by atoms with Crippen molar-refractivity contribution in [3.8, 4) is 22.5 Å². The maximum absolute atomic E-state index is 4.32. The van der Waals surface area contributed by atoms with Crippen molar-refractivity contribution >= 4 is 7.28 Å². The quantitative estimate of drug-likeness (QED) is 0.492. The molecular formula is C22H21BN4. The number of hydrogen-bond acceptors (Lipinski definition) is 3. The molecule has 5 heteroatoms. The van der Waals surface area contributed by atoms with E-state index in [0.717, 1.165) is 30.6 Å². The van der Waals surface area contributed by atoms with Gasteiger partial charge in [-0.1, -0.05) is 97.6 Å². The Morgan fingerprint density at radius 2 is 1.48 bits per heavy atom. The van der Waals surface area contributed by atoms with Gasteiger partial charge < -0.3 is 0 Å². The Hall–Kier alpha value is -3.21. The third-order valence-corrected chi connectivity index (χ3v) is 4.68. The number of tetrazole rings is 1. The lowest BCUT2D eigenvalue weighted by Gasteiger charge is -2.11. The molecule has 0 amide bonds. The van der Waals surface area contributed by atoms with E-state index in [-0.39, 0.29) is 0 Å². The summed E-state index contributed by atoms with van der Waals surface area (Å²) in [6.45, 7) is 2.85. The van der Waals surface area contributed by atoms with Gasteiger partial charge in [0.2, 0.25) is 0 Å². The topological polar surface area (TPSA) is 43.6 Å². The van der Waals surface area contributed by atoms with Crippen LogP contribution in [-0.4, -0.2) is 27.5 Å². The van der Waals surface area contributed by atoms with Crippen LogP contribution in [0, 0.1) is 0 Å². The van der Waals surface area contributed by atoms with Gasteiger partial charge in [-0.3, -0.25) is 0 Å². The van der Waals surface area contributed by atoms with Crippen LogP contribution in [0.25, 0.3) is 22.5 Å². The van der Waals surface area contributed by atoms with Gasteiger partial charge in [-0.2, -0.15) is 0 Å². The molecule has 0 saturated carbocycles. The van der Waals surface area contributed by atoms with Gasteiger partial charge in [0, 0.05) is 5.56 Å². The van der Waals surface area contributed by atoms with Gasteiger partial charge in [-0.05, 0) is 27.1 Å². The highest BCUT2D eigenvalue weighted by atomic mass is 15.5. The molecular weight excluding hydrogens is 331 g/mol. The maximum atomic E-state index is 4.32. The summed E-state index contributed by atoms with van der Waals surface area (Å²) in [5.41, 5.74) is 5.91. The molecule has 27 heavy (non-hydrogen) atoms. The zero-order valence-corrected chi connectivity index (χ0v) is 15.4. The minimum atomic E-state index is 0.646. The van der Waals surface area contributed by atoms with Crippen molar-refractivity contribution < 1.29 is 0 Å². The Balaban J connectivity index is 1.71. The van der Waals surface area contributed by atoms with Crippen molar-refractivity contribution in [2.45, 2.75) is 19.7 Å². The van der Waals surface area contributed by atoms with Gasteiger partial charge in [0.05, 0.1) is 6.54 Å². The highest BCUT2D eigenvalue weighted by molar-refractivity contribution is 6.32. The normalized spacial score (nSPS) is 10.7. The van der Waals surface area contributed by atoms with E-state index in [0.29, 0.717) is 6.54 Å². The monoisotopic (exact) mass is 352 g/mol. The van der Waals surface area contributed by atoms with Crippen molar-refractivity contribution in [1.29, 1.82) is 0 Å². The molecule has 0 unspecified atom stereocenters. The average Bonchev–Trinajstić information content (AvgIpc) is 3.17. The van der Waals surface area contributed by atoms with Gasteiger partial charge >= 0.3 is 0 Å². The molecule has 0 fully saturated rings. The second-order valence-corrected chi connectivity index (χ2v) is 6.64. The smallest absolute Gasteiger partial charge is 0.182 e. The van der Waals surface area contributed by atoms with E-state index in [2.05, 4.69) is 76.9 Å². The van der Waals surface area contributed by atoms with E-state index >= 15 is 0 Å². The Kier molecular flexibility index (Phi) is 5.10. The Morgan fingerprint density at radius 3 is 2.22 bits per heavy atom. The van der Waals surface area contributed by atoms with Gasteiger partial charge in [-0.25, -0.2) is 4.68 Å². The van der Waals surface area contributed by atoms with Crippen LogP contribution in [0.5, 0.6) is 0 Å². The molecule has 1 heterocycles. The number of benzene rings is 3. The van der Waals surface area contributed by atoms with Crippen LogP contribution in [0.4, 0.5) is 0 Å². The van der Waals surface area contributed by atoms with E-state index in [1.807, 2.05) is 28.9 Å². The Bertz CT molecular complexity index is 1010. The van der Waals surface area contributed by atoms with Crippen LogP contribution in [-0.2, 0) is 12.9 Å². The fourth-order valence-electron chi connectivity index (χ4n) is 3.33. The first-order valence-electron chi connectivity index (χ1n) is 9.34. The third kappa shape index (κ3) is 3.82. The molecule has 0 bridgehead atoms. The van der Waals surface area contributed by atoms with Crippen LogP contribution < -0.4 is 0 Å².